The van der Waals surface area contributed by atoms with Crippen molar-refractivity contribution in [1.82, 2.24) is 20.2 Å². The molecule has 1 aromatic carbocycles. The molecule has 5 nitrogen and oxygen atoms in total. The highest BCUT2D eigenvalue weighted by atomic mass is 32.2. The first kappa shape index (κ1) is 13.3. The predicted octanol–water partition coefficient (Wildman–Crippen LogP) is 2.13. The van der Waals surface area contributed by atoms with Crippen LogP contribution in [0.3, 0.4) is 0 Å². The van der Waals surface area contributed by atoms with Gasteiger partial charge in [0.1, 0.15) is 5.82 Å². The number of H-pyrrole nitrogens is 1. The van der Waals surface area contributed by atoms with Crippen LogP contribution in [0.15, 0.2) is 18.2 Å². The Morgan fingerprint density at radius 1 is 1.45 bits per heavy atom. The van der Waals surface area contributed by atoms with E-state index < -0.39 is 0 Å². The molecule has 1 aliphatic heterocycles. The van der Waals surface area contributed by atoms with Crippen molar-refractivity contribution in [2.24, 2.45) is 0 Å². The van der Waals surface area contributed by atoms with E-state index in [1.54, 1.807) is 0 Å². The first-order valence-electron chi connectivity index (χ1n) is 6.79. The Bertz CT molecular complexity index is 619. The first-order valence-corrected chi connectivity index (χ1v) is 7.94. The Kier molecular flexibility index (Phi) is 3.82. The van der Waals surface area contributed by atoms with Crippen molar-refractivity contribution in [2.45, 2.75) is 13.5 Å². The highest BCUT2D eigenvalue weighted by Gasteiger charge is 2.16. The number of aromatic amines is 1. The van der Waals surface area contributed by atoms with Gasteiger partial charge in [-0.15, -0.1) is 0 Å². The number of nitrogens with zero attached hydrogens (tertiary/aromatic N) is 2. The smallest absolute Gasteiger partial charge is 0.317 e. The summed E-state index contributed by atoms with van der Waals surface area (Å²) in [7, 11) is 0. The number of benzene rings is 1. The van der Waals surface area contributed by atoms with Crippen molar-refractivity contribution in [3.63, 3.8) is 0 Å². The minimum absolute atomic E-state index is 0.00229. The van der Waals surface area contributed by atoms with E-state index in [1.165, 1.54) is 0 Å². The molecule has 1 fully saturated rings. The molecule has 0 radical (unpaired) electrons. The van der Waals surface area contributed by atoms with Crippen molar-refractivity contribution in [2.75, 3.05) is 24.6 Å². The summed E-state index contributed by atoms with van der Waals surface area (Å²) in [4.78, 5) is 21.7. The number of urea groups is 1. The van der Waals surface area contributed by atoms with Gasteiger partial charge in [0, 0.05) is 24.6 Å². The molecule has 2 heterocycles. The largest absolute Gasteiger partial charge is 0.340 e. The van der Waals surface area contributed by atoms with Gasteiger partial charge in [0.2, 0.25) is 0 Å². The van der Waals surface area contributed by atoms with Gasteiger partial charge in [-0.05, 0) is 18.6 Å². The number of hydrogen-bond donors (Lipinski definition) is 2. The molecule has 1 aliphatic rings. The standard InChI is InChI=1S/C14H18N4OS/c1-10-3-2-4-11-13(10)17-12(16-11)9-15-14(19)18-5-7-20-8-6-18/h2-4H,5-9H2,1H3,(H,15,19)(H,16,17). The first-order chi connectivity index (χ1) is 9.74. The number of nitrogens with one attached hydrogen (secondary N) is 2. The van der Waals surface area contributed by atoms with E-state index in [0.717, 1.165) is 47.0 Å². The van der Waals surface area contributed by atoms with Crippen LogP contribution in [-0.2, 0) is 6.54 Å². The molecule has 20 heavy (non-hydrogen) atoms. The summed E-state index contributed by atoms with van der Waals surface area (Å²) in [5.74, 6) is 2.85. The maximum Gasteiger partial charge on any atom is 0.317 e. The number of aromatic nitrogens is 2. The molecule has 2 aromatic rings. The number of carbonyl (C=O) groups excluding carboxylic acids is 1. The van der Waals surface area contributed by atoms with E-state index in [-0.39, 0.29) is 6.03 Å². The van der Waals surface area contributed by atoms with E-state index >= 15 is 0 Å². The number of imidazole rings is 1. The molecule has 1 aromatic heterocycles. The van der Waals surface area contributed by atoms with Crippen LogP contribution in [0.2, 0.25) is 0 Å². The SMILES string of the molecule is Cc1cccc2[nH]c(CNC(=O)N3CCSCC3)nc12. The number of aryl methyl sites for hydroxylation is 1. The molecule has 3 rings (SSSR count). The monoisotopic (exact) mass is 290 g/mol. The number of fused-ring (bicyclic) bond motifs is 1. The molecule has 6 heteroatoms. The fourth-order valence-electron chi connectivity index (χ4n) is 2.35. The molecule has 106 valence electrons. The molecule has 0 aliphatic carbocycles. The molecular formula is C14H18N4OS. The fourth-order valence-corrected chi connectivity index (χ4v) is 3.25. The average molecular weight is 290 g/mol. The van der Waals surface area contributed by atoms with Crippen LogP contribution < -0.4 is 5.32 Å². The van der Waals surface area contributed by atoms with Crippen LogP contribution in [0.25, 0.3) is 11.0 Å². The molecule has 0 bridgehead atoms. The minimum atomic E-state index is 0.00229. The normalized spacial score (nSPS) is 15.6. The van der Waals surface area contributed by atoms with Crippen LogP contribution in [-0.4, -0.2) is 45.5 Å². The van der Waals surface area contributed by atoms with Gasteiger partial charge in [-0.3, -0.25) is 0 Å². The van der Waals surface area contributed by atoms with E-state index in [2.05, 4.69) is 15.3 Å². The predicted molar refractivity (Wildman–Crippen MR) is 82.0 cm³/mol. The summed E-state index contributed by atoms with van der Waals surface area (Å²) in [5.41, 5.74) is 3.14. The van der Waals surface area contributed by atoms with Crippen molar-refractivity contribution in [1.29, 1.82) is 0 Å². The van der Waals surface area contributed by atoms with Gasteiger partial charge in [0.05, 0.1) is 17.6 Å². The topological polar surface area (TPSA) is 61.0 Å². The Hall–Kier alpha value is -1.69. The summed E-state index contributed by atoms with van der Waals surface area (Å²) >= 11 is 1.89. The summed E-state index contributed by atoms with van der Waals surface area (Å²) in [6.45, 7) is 4.14. The third-order valence-electron chi connectivity index (χ3n) is 3.47. The Labute approximate surface area is 122 Å². The van der Waals surface area contributed by atoms with Crippen molar-refractivity contribution < 1.29 is 4.79 Å². The number of carbonyl (C=O) groups is 1. The zero-order valence-electron chi connectivity index (χ0n) is 11.5. The quantitative estimate of drug-likeness (QED) is 0.890. The second kappa shape index (κ2) is 5.75. The summed E-state index contributed by atoms with van der Waals surface area (Å²) in [6, 6.07) is 6.05. The molecule has 0 atom stereocenters. The molecule has 2 amide bonds. The number of hydrogen-bond acceptors (Lipinski definition) is 3. The summed E-state index contributed by atoms with van der Waals surface area (Å²) in [6.07, 6.45) is 0. The van der Waals surface area contributed by atoms with Crippen LogP contribution in [0, 0.1) is 6.92 Å². The number of rotatable bonds is 2. The highest BCUT2D eigenvalue weighted by molar-refractivity contribution is 7.99. The zero-order chi connectivity index (χ0) is 13.9. The van der Waals surface area contributed by atoms with Gasteiger partial charge in [-0.25, -0.2) is 9.78 Å². The van der Waals surface area contributed by atoms with Crippen LogP contribution in [0.4, 0.5) is 4.79 Å². The third kappa shape index (κ3) is 2.75. The van der Waals surface area contributed by atoms with E-state index in [0.29, 0.717) is 6.54 Å². The third-order valence-corrected chi connectivity index (χ3v) is 4.41. The molecule has 2 N–H and O–H groups in total. The van der Waals surface area contributed by atoms with Crippen molar-refractivity contribution >= 4 is 28.8 Å². The lowest BCUT2D eigenvalue weighted by Gasteiger charge is -2.26. The Balaban J connectivity index is 1.64. The lowest BCUT2D eigenvalue weighted by molar-refractivity contribution is 0.202. The molecule has 1 saturated heterocycles. The lowest BCUT2D eigenvalue weighted by atomic mass is 10.2. The van der Waals surface area contributed by atoms with E-state index in [1.807, 2.05) is 41.8 Å². The van der Waals surface area contributed by atoms with Gasteiger partial charge in [0.15, 0.2) is 0 Å². The second-order valence-electron chi connectivity index (χ2n) is 4.91. The maximum absolute atomic E-state index is 12.0. The van der Waals surface area contributed by atoms with Crippen molar-refractivity contribution in [3.05, 3.63) is 29.6 Å². The summed E-state index contributed by atoms with van der Waals surface area (Å²) in [5, 5.41) is 2.93. The number of thioether (sulfide) groups is 1. The zero-order valence-corrected chi connectivity index (χ0v) is 12.3. The molecule has 0 unspecified atom stereocenters. The van der Waals surface area contributed by atoms with Gasteiger partial charge >= 0.3 is 6.03 Å². The van der Waals surface area contributed by atoms with Gasteiger partial charge in [-0.2, -0.15) is 11.8 Å². The molecule has 0 saturated carbocycles. The van der Waals surface area contributed by atoms with E-state index in [9.17, 15) is 4.79 Å². The van der Waals surface area contributed by atoms with Gasteiger partial charge in [0.25, 0.3) is 0 Å². The van der Waals surface area contributed by atoms with Gasteiger partial charge < -0.3 is 15.2 Å². The second-order valence-corrected chi connectivity index (χ2v) is 6.14. The number of amides is 2. The minimum Gasteiger partial charge on any atom is -0.340 e. The highest BCUT2D eigenvalue weighted by Crippen LogP contribution is 2.15. The van der Waals surface area contributed by atoms with Gasteiger partial charge in [-0.1, -0.05) is 12.1 Å². The summed E-state index contributed by atoms with van der Waals surface area (Å²) < 4.78 is 0. The Morgan fingerprint density at radius 3 is 3.00 bits per heavy atom. The molecular weight excluding hydrogens is 272 g/mol. The van der Waals surface area contributed by atoms with Crippen LogP contribution >= 0.6 is 11.8 Å². The number of para-hydroxylation sites is 1. The van der Waals surface area contributed by atoms with E-state index in [4.69, 9.17) is 0 Å². The van der Waals surface area contributed by atoms with Crippen molar-refractivity contribution in [3.8, 4) is 0 Å². The fraction of sp³-hybridized carbons (Fsp3) is 0.429. The van der Waals surface area contributed by atoms with Crippen LogP contribution in [0.5, 0.6) is 0 Å². The maximum atomic E-state index is 12.0. The lowest BCUT2D eigenvalue weighted by Crippen LogP contribution is -2.44. The Morgan fingerprint density at radius 2 is 2.25 bits per heavy atom. The molecule has 0 spiro atoms. The average Bonchev–Trinajstić information content (AvgIpc) is 2.90. The van der Waals surface area contributed by atoms with Crippen LogP contribution in [0.1, 0.15) is 11.4 Å².